The predicted octanol–water partition coefficient (Wildman–Crippen LogP) is 5.07. The van der Waals surface area contributed by atoms with Crippen LogP contribution < -0.4 is 4.74 Å². The first-order valence-electron chi connectivity index (χ1n) is 8.05. The molecule has 0 spiro atoms. The van der Waals surface area contributed by atoms with Gasteiger partial charge in [-0.05, 0) is 36.8 Å². The van der Waals surface area contributed by atoms with Crippen molar-refractivity contribution in [2.24, 2.45) is 11.8 Å². The summed E-state index contributed by atoms with van der Waals surface area (Å²) in [6, 6.07) is 6.28. The summed E-state index contributed by atoms with van der Waals surface area (Å²) in [7, 11) is 0. The number of unbranched alkanes of at least 4 members (excludes halogenated alkanes) is 1. The Labute approximate surface area is 126 Å². The lowest BCUT2D eigenvalue weighted by Crippen LogP contribution is -2.20. The highest BCUT2D eigenvalue weighted by atomic mass is 19.1. The van der Waals surface area contributed by atoms with Crippen molar-refractivity contribution in [2.45, 2.75) is 51.9 Å². The Morgan fingerprint density at radius 1 is 1.24 bits per heavy atom. The first kappa shape index (κ1) is 15.8. The third-order valence-electron chi connectivity index (χ3n) is 4.48. The number of nitriles is 1. The highest BCUT2D eigenvalue weighted by Crippen LogP contribution is 2.32. The molecule has 0 N–H and O–H groups in total. The van der Waals surface area contributed by atoms with Crippen molar-refractivity contribution in [3.8, 4) is 11.8 Å². The van der Waals surface area contributed by atoms with Gasteiger partial charge in [0.25, 0.3) is 0 Å². The smallest absolute Gasteiger partial charge is 0.144 e. The normalized spacial score (nSPS) is 21.8. The van der Waals surface area contributed by atoms with Gasteiger partial charge in [-0.2, -0.15) is 5.26 Å². The molecule has 1 aromatic rings. The SMILES string of the molecule is CCCC[C@H]1CC[C@H](COc2ccc(C#N)c(F)c2)CC1. The van der Waals surface area contributed by atoms with Crippen LogP contribution >= 0.6 is 0 Å². The van der Waals surface area contributed by atoms with Gasteiger partial charge in [-0.1, -0.05) is 39.0 Å². The molecule has 2 nitrogen and oxygen atoms in total. The fraction of sp³-hybridized carbons (Fsp3) is 0.611. The second-order valence-electron chi connectivity index (χ2n) is 6.09. The summed E-state index contributed by atoms with van der Waals surface area (Å²) < 4.78 is 19.2. The van der Waals surface area contributed by atoms with Crippen LogP contribution in [0.1, 0.15) is 57.4 Å². The molecule has 1 saturated carbocycles. The maximum absolute atomic E-state index is 13.5. The van der Waals surface area contributed by atoms with Crippen LogP contribution in [-0.2, 0) is 0 Å². The van der Waals surface area contributed by atoms with E-state index in [-0.39, 0.29) is 5.56 Å². The predicted molar refractivity (Wildman–Crippen MR) is 81.6 cm³/mol. The molecule has 1 aromatic carbocycles. The summed E-state index contributed by atoms with van der Waals surface area (Å²) in [4.78, 5) is 0. The van der Waals surface area contributed by atoms with E-state index in [0.717, 1.165) is 5.92 Å². The number of rotatable bonds is 6. The van der Waals surface area contributed by atoms with Crippen molar-refractivity contribution in [1.82, 2.24) is 0 Å². The first-order valence-corrected chi connectivity index (χ1v) is 8.05. The summed E-state index contributed by atoms with van der Waals surface area (Å²) in [6.07, 6.45) is 9.03. The zero-order valence-corrected chi connectivity index (χ0v) is 12.8. The standard InChI is InChI=1S/C18H24FNO/c1-2-3-4-14-5-7-15(8-6-14)13-21-17-10-9-16(12-20)18(19)11-17/h9-11,14-15H,2-8,13H2,1H3/t14-,15-. The molecule has 0 unspecified atom stereocenters. The van der Waals surface area contributed by atoms with Crippen LogP contribution in [0.25, 0.3) is 0 Å². The van der Waals surface area contributed by atoms with Crippen molar-refractivity contribution in [3.05, 3.63) is 29.6 Å². The number of hydrogen-bond donors (Lipinski definition) is 0. The lowest BCUT2D eigenvalue weighted by atomic mass is 9.80. The van der Waals surface area contributed by atoms with E-state index in [1.807, 2.05) is 6.07 Å². The summed E-state index contributed by atoms with van der Waals surface area (Å²) in [6.45, 7) is 2.90. The van der Waals surface area contributed by atoms with Gasteiger partial charge in [0.15, 0.2) is 0 Å². The van der Waals surface area contributed by atoms with Crippen molar-refractivity contribution in [2.75, 3.05) is 6.61 Å². The maximum atomic E-state index is 13.5. The zero-order valence-electron chi connectivity index (χ0n) is 12.8. The van der Waals surface area contributed by atoms with Crippen LogP contribution in [-0.4, -0.2) is 6.61 Å². The molecule has 0 aromatic heterocycles. The Morgan fingerprint density at radius 3 is 2.57 bits per heavy atom. The Bertz CT molecular complexity index is 486. The zero-order chi connectivity index (χ0) is 15.1. The minimum atomic E-state index is -0.502. The number of halogens is 1. The van der Waals surface area contributed by atoms with E-state index in [0.29, 0.717) is 18.3 Å². The van der Waals surface area contributed by atoms with Crippen LogP contribution in [0.5, 0.6) is 5.75 Å². The highest BCUT2D eigenvalue weighted by Gasteiger charge is 2.21. The van der Waals surface area contributed by atoms with Crippen molar-refractivity contribution < 1.29 is 9.13 Å². The van der Waals surface area contributed by atoms with E-state index in [9.17, 15) is 4.39 Å². The van der Waals surface area contributed by atoms with Crippen LogP contribution in [0.2, 0.25) is 0 Å². The summed E-state index contributed by atoms with van der Waals surface area (Å²) >= 11 is 0. The van der Waals surface area contributed by atoms with E-state index in [1.165, 1.54) is 57.1 Å². The Morgan fingerprint density at radius 2 is 1.95 bits per heavy atom. The van der Waals surface area contributed by atoms with Gasteiger partial charge >= 0.3 is 0 Å². The fourth-order valence-electron chi connectivity index (χ4n) is 3.07. The van der Waals surface area contributed by atoms with E-state index >= 15 is 0 Å². The van der Waals surface area contributed by atoms with E-state index in [1.54, 1.807) is 6.07 Å². The number of nitrogens with zero attached hydrogens (tertiary/aromatic N) is 1. The molecule has 0 amide bonds. The first-order chi connectivity index (χ1) is 10.2. The molecule has 114 valence electrons. The topological polar surface area (TPSA) is 33.0 Å². The van der Waals surface area contributed by atoms with E-state index in [2.05, 4.69) is 6.92 Å². The minimum absolute atomic E-state index is 0.0683. The molecule has 1 aliphatic rings. The summed E-state index contributed by atoms with van der Waals surface area (Å²) in [5.74, 6) is 1.51. The highest BCUT2D eigenvalue weighted by molar-refractivity contribution is 5.36. The van der Waals surface area contributed by atoms with Gasteiger partial charge in [0.2, 0.25) is 0 Å². The Hall–Kier alpha value is -1.56. The van der Waals surface area contributed by atoms with Crippen LogP contribution in [0.4, 0.5) is 4.39 Å². The van der Waals surface area contributed by atoms with Gasteiger partial charge in [-0.3, -0.25) is 0 Å². The summed E-state index contributed by atoms with van der Waals surface area (Å²) in [5, 5.41) is 8.70. The van der Waals surface area contributed by atoms with E-state index < -0.39 is 5.82 Å². The van der Waals surface area contributed by atoms with Crippen LogP contribution in [0.3, 0.4) is 0 Å². The molecule has 0 atom stereocenters. The number of hydrogen-bond acceptors (Lipinski definition) is 2. The quantitative estimate of drug-likeness (QED) is 0.732. The lowest BCUT2D eigenvalue weighted by molar-refractivity contribution is 0.177. The monoisotopic (exact) mass is 289 g/mol. The number of ether oxygens (including phenoxy) is 1. The third kappa shape index (κ3) is 4.74. The van der Waals surface area contributed by atoms with Crippen LogP contribution in [0.15, 0.2) is 18.2 Å². The second kappa shape index (κ2) is 8.02. The molecule has 0 heterocycles. The lowest BCUT2D eigenvalue weighted by Gasteiger charge is -2.28. The molecule has 3 heteroatoms. The van der Waals surface area contributed by atoms with Gasteiger partial charge in [0.05, 0.1) is 12.2 Å². The largest absolute Gasteiger partial charge is 0.493 e. The molecule has 2 rings (SSSR count). The average Bonchev–Trinajstić information content (AvgIpc) is 2.52. The molecular formula is C18H24FNO. The number of benzene rings is 1. The minimum Gasteiger partial charge on any atom is -0.493 e. The van der Waals surface area contributed by atoms with Gasteiger partial charge in [-0.25, -0.2) is 4.39 Å². The average molecular weight is 289 g/mol. The fourth-order valence-corrected chi connectivity index (χ4v) is 3.07. The van der Waals surface area contributed by atoms with Gasteiger partial charge < -0.3 is 4.74 Å². The van der Waals surface area contributed by atoms with Gasteiger partial charge in [0.1, 0.15) is 17.6 Å². The molecule has 0 radical (unpaired) electrons. The molecular weight excluding hydrogens is 265 g/mol. The molecule has 0 bridgehead atoms. The van der Waals surface area contributed by atoms with Crippen LogP contribution in [0, 0.1) is 29.0 Å². The molecule has 21 heavy (non-hydrogen) atoms. The molecule has 1 fully saturated rings. The van der Waals surface area contributed by atoms with Crippen molar-refractivity contribution >= 4 is 0 Å². The Balaban J connectivity index is 1.75. The van der Waals surface area contributed by atoms with Crippen molar-refractivity contribution in [1.29, 1.82) is 5.26 Å². The molecule has 0 aliphatic heterocycles. The molecule has 1 aliphatic carbocycles. The van der Waals surface area contributed by atoms with Crippen molar-refractivity contribution in [3.63, 3.8) is 0 Å². The third-order valence-corrected chi connectivity index (χ3v) is 4.48. The van der Waals surface area contributed by atoms with Gasteiger partial charge in [0, 0.05) is 6.07 Å². The Kier molecular flexibility index (Phi) is 6.04. The second-order valence-corrected chi connectivity index (χ2v) is 6.09. The van der Waals surface area contributed by atoms with E-state index in [4.69, 9.17) is 10.00 Å². The summed E-state index contributed by atoms with van der Waals surface area (Å²) in [5.41, 5.74) is 0.0683. The van der Waals surface area contributed by atoms with Gasteiger partial charge in [-0.15, -0.1) is 0 Å². The molecule has 0 saturated heterocycles. The maximum Gasteiger partial charge on any atom is 0.144 e.